The topological polar surface area (TPSA) is 90.4 Å². The zero-order valence-corrected chi connectivity index (χ0v) is 17.1. The van der Waals surface area contributed by atoms with Gasteiger partial charge >= 0.3 is 5.97 Å². The van der Waals surface area contributed by atoms with Gasteiger partial charge in [0.25, 0.3) is 0 Å². The van der Waals surface area contributed by atoms with Crippen LogP contribution in [0, 0.1) is 6.92 Å². The summed E-state index contributed by atoms with van der Waals surface area (Å²) in [4.78, 5) is 20.5. The van der Waals surface area contributed by atoms with Crippen LogP contribution in [0.1, 0.15) is 23.1 Å². The second kappa shape index (κ2) is 9.30. The molecule has 0 saturated heterocycles. The zero-order valence-electron chi connectivity index (χ0n) is 17.1. The smallest absolute Gasteiger partial charge is 0.327 e. The fourth-order valence-electron chi connectivity index (χ4n) is 3.33. The van der Waals surface area contributed by atoms with Crippen LogP contribution in [-0.2, 0) is 17.6 Å². The number of ether oxygens (including phenoxy) is 1. The number of nitrogens with zero attached hydrogens (tertiary/aromatic N) is 3. The van der Waals surface area contributed by atoms with Crippen molar-refractivity contribution in [1.82, 2.24) is 14.5 Å². The van der Waals surface area contributed by atoms with Crippen LogP contribution in [0.25, 0.3) is 11.5 Å². The summed E-state index contributed by atoms with van der Waals surface area (Å²) in [5.74, 6) is 0.983. The van der Waals surface area contributed by atoms with Gasteiger partial charge < -0.3 is 18.8 Å². The minimum atomic E-state index is -0.880. The lowest BCUT2D eigenvalue weighted by Crippen LogP contribution is -2.20. The first kappa shape index (κ1) is 20.4. The number of benzene rings is 1. The minimum absolute atomic E-state index is 0.345. The second-order valence-corrected chi connectivity index (χ2v) is 7.18. The van der Waals surface area contributed by atoms with E-state index in [9.17, 15) is 9.90 Å². The summed E-state index contributed by atoms with van der Waals surface area (Å²) in [7, 11) is 0. The van der Waals surface area contributed by atoms with Crippen LogP contribution in [0.15, 0.2) is 77.6 Å². The van der Waals surface area contributed by atoms with E-state index < -0.39 is 12.0 Å². The molecular weight excluding hydrogens is 394 g/mol. The average molecular weight is 417 g/mol. The maximum atomic E-state index is 11.6. The number of aryl methyl sites for hydroxylation is 1. The number of aromatic nitrogens is 3. The first-order chi connectivity index (χ1) is 15.1. The van der Waals surface area contributed by atoms with Crippen LogP contribution in [0.5, 0.6) is 5.88 Å². The Balaban J connectivity index is 1.33. The van der Waals surface area contributed by atoms with E-state index in [1.54, 1.807) is 29.2 Å². The highest BCUT2D eigenvalue weighted by atomic mass is 16.5. The van der Waals surface area contributed by atoms with Crippen molar-refractivity contribution >= 4 is 5.97 Å². The summed E-state index contributed by atoms with van der Waals surface area (Å²) in [6.07, 6.45) is 6.10. The molecule has 7 nitrogen and oxygen atoms in total. The van der Waals surface area contributed by atoms with Crippen LogP contribution in [-0.4, -0.2) is 32.2 Å². The maximum Gasteiger partial charge on any atom is 0.327 e. The van der Waals surface area contributed by atoms with E-state index in [4.69, 9.17) is 9.15 Å². The summed E-state index contributed by atoms with van der Waals surface area (Å²) in [6, 6.07) is 16.3. The van der Waals surface area contributed by atoms with Gasteiger partial charge in [0, 0.05) is 43.1 Å². The van der Waals surface area contributed by atoms with E-state index in [2.05, 4.69) is 9.97 Å². The van der Waals surface area contributed by atoms with Gasteiger partial charge in [-0.25, -0.2) is 14.8 Å². The molecule has 0 fully saturated rings. The number of hydrogen-bond donors (Lipinski definition) is 1. The fraction of sp³-hybridized carbons (Fsp3) is 0.208. The molecule has 0 saturated carbocycles. The maximum absolute atomic E-state index is 11.6. The largest absolute Gasteiger partial charge is 0.480 e. The molecule has 3 heterocycles. The zero-order chi connectivity index (χ0) is 21.6. The Kier molecular flexibility index (Phi) is 6.12. The lowest BCUT2D eigenvalue weighted by molar-refractivity contribution is -0.140. The van der Waals surface area contributed by atoms with Crippen LogP contribution in [0.2, 0.25) is 0 Å². The van der Waals surface area contributed by atoms with E-state index in [1.807, 2.05) is 55.5 Å². The number of rotatable bonds is 9. The molecule has 1 atom stereocenters. The van der Waals surface area contributed by atoms with Crippen molar-refractivity contribution in [2.45, 2.75) is 25.8 Å². The fourth-order valence-corrected chi connectivity index (χ4v) is 3.33. The number of carboxylic acids is 1. The number of carbonyl (C=O) groups is 1. The summed E-state index contributed by atoms with van der Waals surface area (Å²) in [6.45, 7) is 2.31. The molecule has 31 heavy (non-hydrogen) atoms. The summed E-state index contributed by atoms with van der Waals surface area (Å²) < 4.78 is 13.2. The molecule has 0 radical (unpaired) electrons. The molecule has 7 heteroatoms. The molecule has 0 aliphatic heterocycles. The number of pyridine rings is 1. The highest BCUT2D eigenvalue weighted by Crippen LogP contribution is 2.22. The predicted octanol–water partition coefficient (Wildman–Crippen LogP) is 4.34. The van der Waals surface area contributed by atoms with Crippen LogP contribution >= 0.6 is 0 Å². The third kappa shape index (κ3) is 5.01. The van der Waals surface area contributed by atoms with E-state index >= 15 is 0 Å². The second-order valence-electron chi connectivity index (χ2n) is 7.18. The normalized spacial score (nSPS) is 11.9. The Morgan fingerprint density at radius 2 is 1.90 bits per heavy atom. The molecule has 0 spiro atoms. The van der Waals surface area contributed by atoms with Crippen LogP contribution < -0.4 is 4.74 Å². The van der Waals surface area contributed by atoms with E-state index in [0.29, 0.717) is 31.2 Å². The third-order valence-corrected chi connectivity index (χ3v) is 5.00. The number of oxazole rings is 1. The first-order valence-electron chi connectivity index (χ1n) is 10.0. The third-order valence-electron chi connectivity index (χ3n) is 5.00. The molecule has 1 aromatic carbocycles. The summed E-state index contributed by atoms with van der Waals surface area (Å²) in [5.41, 5.74) is 2.62. The van der Waals surface area contributed by atoms with Gasteiger partial charge in [-0.1, -0.05) is 24.3 Å². The quantitative estimate of drug-likeness (QED) is 0.436. The molecule has 4 aromatic rings. The highest BCUT2D eigenvalue weighted by molar-refractivity contribution is 5.72. The molecule has 0 amide bonds. The van der Waals surface area contributed by atoms with Crippen molar-refractivity contribution in [1.29, 1.82) is 0 Å². The number of hydrogen-bond acceptors (Lipinski definition) is 5. The highest BCUT2D eigenvalue weighted by Gasteiger charge is 2.19. The minimum Gasteiger partial charge on any atom is -0.480 e. The van der Waals surface area contributed by atoms with E-state index in [-0.39, 0.29) is 0 Å². The summed E-state index contributed by atoms with van der Waals surface area (Å²) >= 11 is 0. The lowest BCUT2D eigenvalue weighted by atomic mass is 10.1. The summed E-state index contributed by atoms with van der Waals surface area (Å²) in [5, 5.41) is 9.50. The molecule has 1 N–H and O–H groups in total. The van der Waals surface area contributed by atoms with Crippen molar-refractivity contribution < 1.29 is 19.1 Å². The van der Waals surface area contributed by atoms with Gasteiger partial charge in [0.1, 0.15) is 11.8 Å². The van der Waals surface area contributed by atoms with E-state index in [0.717, 1.165) is 22.6 Å². The predicted molar refractivity (Wildman–Crippen MR) is 115 cm³/mol. The van der Waals surface area contributed by atoms with Gasteiger partial charge in [0.2, 0.25) is 11.8 Å². The molecule has 158 valence electrons. The Hall–Kier alpha value is -3.87. The standard InChI is InChI=1S/C24H23N3O4/c1-17-20(26-23(31-17)19-7-3-2-4-8-19)11-14-30-22-10-9-18(16-25-22)15-21(24(28)29)27-12-5-6-13-27/h2-10,12-13,16,21H,11,14-15H2,1H3,(H,28,29). The van der Waals surface area contributed by atoms with Crippen molar-refractivity contribution in [3.63, 3.8) is 0 Å². The first-order valence-corrected chi connectivity index (χ1v) is 10.0. The van der Waals surface area contributed by atoms with Crippen molar-refractivity contribution in [3.8, 4) is 17.3 Å². The average Bonchev–Trinajstić information content (AvgIpc) is 3.44. The Morgan fingerprint density at radius 3 is 2.58 bits per heavy atom. The van der Waals surface area contributed by atoms with E-state index in [1.165, 1.54) is 0 Å². The van der Waals surface area contributed by atoms with Gasteiger partial charge in [0.05, 0.1) is 12.3 Å². The number of aliphatic carboxylic acids is 1. The Bertz CT molecular complexity index is 1120. The van der Waals surface area contributed by atoms with Crippen LogP contribution in [0.3, 0.4) is 0 Å². The lowest BCUT2D eigenvalue weighted by Gasteiger charge is -2.14. The van der Waals surface area contributed by atoms with Crippen molar-refractivity contribution in [3.05, 3.63) is 90.2 Å². The monoisotopic (exact) mass is 417 g/mol. The van der Waals surface area contributed by atoms with Gasteiger partial charge in [0.15, 0.2) is 0 Å². The molecule has 0 bridgehead atoms. The van der Waals surface area contributed by atoms with Gasteiger partial charge in [-0.15, -0.1) is 0 Å². The number of carboxylic acid groups (broad SMARTS) is 1. The molecule has 0 aliphatic rings. The van der Waals surface area contributed by atoms with Crippen molar-refractivity contribution in [2.75, 3.05) is 6.61 Å². The molecule has 4 rings (SSSR count). The molecular formula is C24H23N3O4. The van der Waals surface area contributed by atoms with Crippen LogP contribution in [0.4, 0.5) is 0 Å². The molecule has 0 aliphatic carbocycles. The molecule has 1 unspecified atom stereocenters. The van der Waals surface area contributed by atoms with Gasteiger partial charge in [-0.3, -0.25) is 0 Å². The van der Waals surface area contributed by atoms with Gasteiger partial charge in [-0.2, -0.15) is 0 Å². The van der Waals surface area contributed by atoms with Gasteiger partial charge in [-0.05, 0) is 36.8 Å². The van der Waals surface area contributed by atoms with Crippen molar-refractivity contribution in [2.24, 2.45) is 0 Å². The Morgan fingerprint density at radius 1 is 1.13 bits per heavy atom. The SMILES string of the molecule is Cc1oc(-c2ccccc2)nc1CCOc1ccc(CC(C(=O)O)n2cccc2)cn1. The Labute approximate surface area is 180 Å². The molecule has 3 aromatic heterocycles.